The van der Waals surface area contributed by atoms with Crippen molar-refractivity contribution in [2.45, 2.75) is 63.8 Å². The van der Waals surface area contributed by atoms with E-state index in [0.717, 1.165) is 51.5 Å². The largest absolute Gasteiger partial charge is 0.383 e. The number of carbonyl (C=O) groups is 1. The van der Waals surface area contributed by atoms with Crippen LogP contribution in [0, 0.1) is 5.41 Å². The summed E-state index contributed by atoms with van der Waals surface area (Å²) in [7, 11) is 1.72. The average molecular weight is 308 g/mol. The fraction of sp³-hybridized carbons (Fsp3) is 0.944. The quantitative estimate of drug-likeness (QED) is 0.749. The molecule has 0 aromatic rings. The molecule has 0 aromatic carbocycles. The zero-order valence-corrected chi connectivity index (χ0v) is 14.2. The normalized spacial score (nSPS) is 31.9. The monoisotopic (exact) mass is 308 g/mol. The molecule has 3 fully saturated rings. The van der Waals surface area contributed by atoms with Gasteiger partial charge in [0.1, 0.15) is 0 Å². The Morgan fingerprint density at radius 2 is 1.86 bits per heavy atom. The van der Waals surface area contributed by atoms with Gasteiger partial charge in [-0.1, -0.05) is 25.7 Å². The van der Waals surface area contributed by atoms with Gasteiger partial charge in [-0.2, -0.15) is 0 Å². The van der Waals surface area contributed by atoms with Crippen molar-refractivity contribution in [3.63, 3.8) is 0 Å². The lowest BCUT2D eigenvalue weighted by Gasteiger charge is -2.40. The molecule has 0 bridgehead atoms. The van der Waals surface area contributed by atoms with Crippen LogP contribution in [-0.2, 0) is 9.53 Å². The summed E-state index contributed by atoms with van der Waals surface area (Å²) in [6.07, 6.45) is 11.6. The van der Waals surface area contributed by atoms with Crippen molar-refractivity contribution in [3.8, 4) is 0 Å². The highest BCUT2D eigenvalue weighted by Gasteiger charge is 2.49. The van der Waals surface area contributed by atoms with Crippen LogP contribution in [0.2, 0.25) is 0 Å². The summed E-state index contributed by atoms with van der Waals surface area (Å²) in [5.74, 6) is 0.409. The molecule has 1 saturated carbocycles. The van der Waals surface area contributed by atoms with Gasteiger partial charge >= 0.3 is 0 Å². The van der Waals surface area contributed by atoms with Crippen LogP contribution in [0.3, 0.4) is 0 Å². The fourth-order valence-corrected chi connectivity index (χ4v) is 4.78. The van der Waals surface area contributed by atoms with Gasteiger partial charge in [0.15, 0.2) is 0 Å². The van der Waals surface area contributed by atoms with E-state index in [4.69, 9.17) is 4.74 Å². The number of carbonyl (C=O) groups excluding carboxylic acids is 1. The Hall–Kier alpha value is -0.610. The first-order chi connectivity index (χ1) is 10.7. The van der Waals surface area contributed by atoms with Crippen molar-refractivity contribution in [3.05, 3.63) is 0 Å². The van der Waals surface area contributed by atoms with Gasteiger partial charge in [0.05, 0.1) is 12.0 Å². The summed E-state index contributed by atoms with van der Waals surface area (Å²) >= 11 is 0. The maximum Gasteiger partial charge on any atom is 0.230 e. The zero-order valence-electron chi connectivity index (χ0n) is 14.2. The molecular weight excluding hydrogens is 276 g/mol. The predicted molar refractivity (Wildman–Crippen MR) is 87.8 cm³/mol. The molecule has 126 valence electrons. The van der Waals surface area contributed by atoms with Crippen LogP contribution in [0.15, 0.2) is 0 Å². The number of hydrogen-bond acceptors (Lipinski definition) is 3. The Morgan fingerprint density at radius 1 is 1.09 bits per heavy atom. The first-order valence-corrected chi connectivity index (χ1v) is 9.27. The van der Waals surface area contributed by atoms with Gasteiger partial charge in [-0.05, 0) is 38.6 Å². The molecule has 2 aliphatic heterocycles. The van der Waals surface area contributed by atoms with E-state index in [1.807, 2.05) is 0 Å². The first-order valence-electron chi connectivity index (χ1n) is 9.27. The minimum absolute atomic E-state index is 0.0711. The lowest BCUT2D eigenvalue weighted by molar-refractivity contribution is -0.146. The molecule has 0 aromatic heterocycles. The maximum absolute atomic E-state index is 13.0. The lowest BCUT2D eigenvalue weighted by Crippen LogP contribution is -2.51. The lowest BCUT2D eigenvalue weighted by atomic mass is 9.78. The van der Waals surface area contributed by atoms with Crippen molar-refractivity contribution in [1.82, 2.24) is 9.80 Å². The molecule has 1 spiro atoms. The Balaban J connectivity index is 1.62. The van der Waals surface area contributed by atoms with E-state index in [9.17, 15) is 4.79 Å². The maximum atomic E-state index is 13.0. The number of piperidine rings is 1. The van der Waals surface area contributed by atoms with Gasteiger partial charge in [-0.15, -0.1) is 0 Å². The van der Waals surface area contributed by atoms with Crippen molar-refractivity contribution < 1.29 is 9.53 Å². The third kappa shape index (κ3) is 3.33. The molecule has 22 heavy (non-hydrogen) atoms. The topological polar surface area (TPSA) is 32.8 Å². The van der Waals surface area contributed by atoms with Gasteiger partial charge in [0.2, 0.25) is 5.91 Å². The minimum atomic E-state index is -0.0711. The van der Waals surface area contributed by atoms with Crippen LogP contribution in [-0.4, -0.2) is 61.6 Å². The average Bonchev–Trinajstić information content (AvgIpc) is 2.77. The second kappa shape index (κ2) is 7.31. The van der Waals surface area contributed by atoms with Crippen LogP contribution in [0.5, 0.6) is 0 Å². The van der Waals surface area contributed by atoms with Gasteiger partial charge in [-0.25, -0.2) is 0 Å². The summed E-state index contributed by atoms with van der Waals surface area (Å²) in [5, 5.41) is 0. The van der Waals surface area contributed by atoms with E-state index >= 15 is 0 Å². The van der Waals surface area contributed by atoms with Crippen molar-refractivity contribution in [1.29, 1.82) is 0 Å². The standard InChI is InChI=1S/C18H32N2O2/c1-22-14-13-19-11-6-9-18(17(19)21)10-12-20(15-18)16-7-4-2-3-5-8-16/h16H,2-15H2,1H3. The van der Waals surface area contributed by atoms with E-state index in [1.54, 1.807) is 7.11 Å². The smallest absolute Gasteiger partial charge is 0.230 e. The van der Waals surface area contributed by atoms with E-state index in [0.29, 0.717) is 12.5 Å². The van der Waals surface area contributed by atoms with E-state index in [1.165, 1.54) is 38.5 Å². The molecule has 1 amide bonds. The summed E-state index contributed by atoms with van der Waals surface area (Å²) in [6, 6.07) is 0.740. The minimum Gasteiger partial charge on any atom is -0.383 e. The molecule has 0 N–H and O–H groups in total. The van der Waals surface area contributed by atoms with Crippen LogP contribution in [0.1, 0.15) is 57.8 Å². The molecule has 1 unspecified atom stereocenters. The van der Waals surface area contributed by atoms with Gasteiger partial charge < -0.3 is 9.64 Å². The molecule has 3 rings (SSSR count). The molecule has 1 aliphatic carbocycles. The molecule has 2 heterocycles. The molecule has 2 saturated heterocycles. The second-order valence-electron chi connectivity index (χ2n) is 7.53. The Morgan fingerprint density at radius 3 is 2.59 bits per heavy atom. The second-order valence-corrected chi connectivity index (χ2v) is 7.53. The Bertz CT molecular complexity index is 379. The van der Waals surface area contributed by atoms with Gasteiger partial charge in [0, 0.05) is 32.8 Å². The highest BCUT2D eigenvalue weighted by Crippen LogP contribution is 2.41. The van der Waals surface area contributed by atoms with E-state index < -0.39 is 0 Å². The predicted octanol–water partition coefficient (Wildman–Crippen LogP) is 2.67. The highest BCUT2D eigenvalue weighted by atomic mass is 16.5. The Labute approximate surface area is 135 Å². The van der Waals surface area contributed by atoms with Crippen LogP contribution in [0.25, 0.3) is 0 Å². The van der Waals surface area contributed by atoms with E-state index in [2.05, 4.69) is 9.80 Å². The van der Waals surface area contributed by atoms with Crippen LogP contribution in [0.4, 0.5) is 0 Å². The van der Waals surface area contributed by atoms with Crippen molar-refractivity contribution >= 4 is 5.91 Å². The number of ether oxygens (including phenoxy) is 1. The number of amides is 1. The summed E-state index contributed by atoms with van der Waals surface area (Å²) in [4.78, 5) is 17.7. The highest BCUT2D eigenvalue weighted by molar-refractivity contribution is 5.84. The third-order valence-corrected chi connectivity index (χ3v) is 6.11. The number of hydrogen-bond donors (Lipinski definition) is 0. The number of likely N-dealkylation sites (tertiary alicyclic amines) is 2. The Kier molecular flexibility index (Phi) is 5.40. The molecule has 3 aliphatic rings. The van der Waals surface area contributed by atoms with Gasteiger partial charge in [-0.3, -0.25) is 9.69 Å². The number of nitrogens with zero attached hydrogens (tertiary/aromatic N) is 2. The molecular formula is C18H32N2O2. The zero-order chi connectivity index (χ0) is 15.4. The molecule has 4 heteroatoms. The van der Waals surface area contributed by atoms with Crippen LogP contribution < -0.4 is 0 Å². The number of rotatable bonds is 4. The number of methoxy groups -OCH3 is 1. The van der Waals surface area contributed by atoms with Crippen molar-refractivity contribution in [2.75, 3.05) is 39.9 Å². The molecule has 1 atom stereocenters. The van der Waals surface area contributed by atoms with Crippen molar-refractivity contribution in [2.24, 2.45) is 5.41 Å². The SMILES string of the molecule is COCCN1CCCC2(CCN(C3CCCCCC3)C2)C1=O. The van der Waals surface area contributed by atoms with E-state index in [-0.39, 0.29) is 5.41 Å². The fourth-order valence-electron chi connectivity index (χ4n) is 4.78. The first kappa shape index (κ1) is 16.3. The summed E-state index contributed by atoms with van der Waals surface area (Å²) in [5.41, 5.74) is -0.0711. The summed E-state index contributed by atoms with van der Waals surface area (Å²) in [6.45, 7) is 4.50. The summed E-state index contributed by atoms with van der Waals surface area (Å²) < 4.78 is 5.17. The molecule has 4 nitrogen and oxygen atoms in total. The van der Waals surface area contributed by atoms with Crippen LogP contribution >= 0.6 is 0 Å². The molecule has 0 radical (unpaired) electrons. The van der Waals surface area contributed by atoms with Gasteiger partial charge in [0.25, 0.3) is 0 Å². The third-order valence-electron chi connectivity index (χ3n) is 6.11.